The molecule has 5 rings (SSSR count). The number of carbonyl (C=O) groups is 1. The van der Waals surface area contributed by atoms with E-state index in [2.05, 4.69) is 21.6 Å². The van der Waals surface area contributed by atoms with E-state index >= 15 is 0 Å². The van der Waals surface area contributed by atoms with Gasteiger partial charge in [0.2, 0.25) is 5.96 Å². The van der Waals surface area contributed by atoms with Gasteiger partial charge >= 0.3 is 6.03 Å². The summed E-state index contributed by atoms with van der Waals surface area (Å²) in [6.45, 7) is 9.89. The number of nitrogens with one attached hydrogen (secondary N) is 4. The number of urea groups is 1. The zero-order chi connectivity index (χ0) is 37.3. The van der Waals surface area contributed by atoms with Gasteiger partial charge in [0.1, 0.15) is 23.2 Å². The van der Waals surface area contributed by atoms with Crippen LogP contribution < -0.4 is 26.6 Å². The Morgan fingerprint density at radius 2 is 1.81 bits per heavy atom. The third-order valence-electron chi connectivity index (χ3n) is 9.51. The lowest BCUT2D eigenvalue weighted by Gasteiger charge is -2.33. The van der Waals surface area contributed by atoms with E-state index in [0.29, 0.717) is 48.4 Å². The number of aliphatic imine (C=N–C) groups is 1. The van der Waals surface area contributed by atoms with Gasteiger partial charge < -0.3 is 25.4 Å². The van der Waals surface area contributed by atoms with E-state index in [0.717, 1.165) is 55.7 Å². The Morgan fingerprint density at radius 1 is 1.06 bits per heavy atom. The van der Waals surface area contributed by atoms with Crippen LogP contribution in [0.1, 0.15) is 81.7 Å². The molecule has 1 fully saturated rings. The van der Waals surface area contributed by atoms with Crippen molar-refractivity contribution in [1.82, 2.24) is 25.0 Å². The van der Waals surface area contributed by atoms with Gasteiger partial charge in [0.15, 0.2) is 0 Å². The number of carbonyl (C=O) groups excluding carboxylic acids is 1. The number of pyridine rings is 1. The molecule has 2 amide bonds. The number of allylic oxidation sites excluding steroid dienone is 1. The number of amides is 2. The highest BCUT2D eigenvalue weighted by Crippen LogP contribution is 2.38. The maximum Gasteiger partial charge on any atom is 0.320 e. The minimum atomic E-state index is -0.380. The summed E-state index contributed by atoms with van der Waals surface area (Å²) < 4.78 is 13.3. The molecule has 0 saturated carbocycles. The van der Waals surface area contributed by atoms with E-state index < -0.39 is 0 Å². The number of piperidine rings is 1. The SMILES string of the molecule is COCCN(C)Cc1cccc(N=C(/C=C(\N)C(C)(C)C)NC(=O)NC2CCC(Oc3ccc(=N)n(C(=N)N4CCCCC4)c3)c3ccccc32)c1. The van der Waals surface area contributed by atoms with Crippen molar-refractivity contribution in [3.8, 4) is 5.75 Å². The molecule has 0 spiro atoms. The lowest BCUT2D eigenvalue weighted by atomic mass is 9.85. The van der Waals surface area contributed by atoms with Crippen LogP contribution in [-0.2, 0) is 11.3 Å². The summed E-state index contributed by atoms with van der Waals surface area (Å²) in [7, 11) is 3.74. The maximum absolute atomic E-state index is 13.6. The molecule has 6 N–H and O–H groups in total. The van der Waals surface area contributed by atoms with E-state index in [1.165, 1.54) is 6.42 Å². The molecule has 12 heteroatoms. The summed E-state index contributed by atoms with van der Waals surface area (Å²) >= 11 is 0. The number of fused-ring (bicyclic) bond motifs is 1. The molecule has 1 saturated heterocycles. The van der Waals surface area contributed by atoms with Gasteiger partial charge in [0.05, 0.1) is 24.5 Å². The van der Waals surface area contributed by atoms with Crippen molar-refractivity contribution >= 4 is 23.5 Å². The van der Waals surface area contributed by atoms with E-state index in [1.54, 1.807) is 36.1 Å². The van der Waals surface area contributed by atoms with Crippen LogP contribution in [0, 0.1) is 16.2 Å². The van der Waals surface area contributed by atoms with Crippen molar-refractivity contribution in [2.75, 3.05) is 40.4 Å². The summed E-state index contributed by atoms with van der Waals surface area (Å²) in [5.74, 6) is 1.24. The zero-order valence-corrected chi connectivity index (χ0v) is 31.2. The number of rotatable bonds is 10. The number of amidine groups is 1. The van der Waals surface area contributed by atoms with Crippen molar-refractivity contribution in [1.29, 1.82) is 10.8 Å². The first-order chi connectivity index (χ1) is 24.9. The highest BCUT2D eigenvalue weighted by Gasteiger charge is 2.30. The first-order valence-electron chi connectivity index (χ1n) is 18.2. The Bertz CT molecular complexity index is 1820. The van der Waals surface area contributed by atoms with E-state index in [1.807, 2.05) is 75.2 Å². The molecule has 1 aliphatic carbocycles. The molecule has 2 unspecified atom stereocenters. The van der Waals surface area contributed by atoms with Crippen LogP contribution in [0.3, 0.4) is 0 Å². The largest absolute Gasteiger partial charge is 0.484 e. The van der Waals surface area contributed by atoms with Gasteiger partial charge in [0.25, 0.3) is 0 Å². The number of nitrogens with two attached hydrogens (primary N) is 1. The van der Waals surface area contributed by atoms with Crippen LogP contribution in [0.25, 0.3) is 0 Å². The molecule has 12 nitrogen and oxygen atoms in total. The van der Waals surface area contributed by atoms with Crippen molar-refractivity contribution < 1.29 is 14.3 Å². The molecule has 278 valence electrons. The third-order valence-corrected chi connectivity index (χ3v) is 9.51. The minimum Gasteiger partial charge on any atom is -0.484 e. The first kappa shape index (κ1) is 38.3. The highest BCUT2D eigenvalue weighted by molar-refractivity contribution is 6.05. The summed E-state index contributed by atoms with van der Waals surface area (Å²) in [5, 5.41) is 23.4. The Morgan fingerprint density at radius 3 is 2.54 bits per heavy atom. The van der Waals surface area contributed by atoms with Gasteiger partial charge in [0, 0.05) is 50.5 Å². The second-order valence-electron chi connectivity index (χ2n) is 14.7. The number of hydrogen-bond acceptors (Lipinski definition) is 8. The van der Waals surface area contributed by atoms with Crippen molar-refractivity contribution in [2.45, 2.75) is 71.6 Å². The second kappa shape index (κ2) is 17.5. The first-order valence-corrected chi connectivity index (χ1v) is 18.2. The quantitative estimate of drug-likeness (QED) is 0.125. The average molecular weight is 710 g/mol. The molecule has 3 aromatic rings. The Balaban J connectivity index is 1.31. The van der Waals surface area contributed by atoms with Crippen LogP contribution in [0.4, 0.5) is 10.5 Å². The van der Waals surface area contributed by atoms with Gasteiger partial charge in [-0.2, -0.15) is 0 Å². The topological polar surface area (TPSA) is 157 Å². The van der Waals surface area contributed by atoms with Crippen LogP contribution in [0.5, 0.6) is 5.75 Å². The lowest BCUT2D eigenvalue weighted by molar-refractivity contribution is 0.158. The van der Waals surface area contributed by atoms with Crippen LogP contribution in [0.2, 0.25) is 0 Å². The number of nitrogens with zero attached hydrogens (tertiary/aromatic N) is 4. The Kier molecular flexibility index (Phi) is 12.9. The van der Waals surface area contributed by atoms with Crippen molar-refractivity contribution in [2.24, 2.45) is 16.1 Å². The fourth-order valence-corrected chi connectivity index (χ4v) is 6.44. The summed E-state index contributed by atoms with van der Waals surface area (Å²) in [4.78, 5) is 22.7. The van der Waals surface area contributed by atoms with E-state index in [4.69, 9.17) is 31.0 Å². The minimum absolute atomic E-state index is 0.238. The molecule has 1 aliphatic heterocycles. The zero-order valence-electron chi connectivity index (χ0n) is 31.2. The number of hydrogen-bond donors (Lipinski definition) is 5. The molecule has 0 bridgehead atoms. The molecular formula is C40H55N9O3. The lowest BCUT2D eigenvalue weighted by Crippen LogP contribution is -2.43. The summed E-state index contributed by atoms with van der Waals surface area (Å²) in [6.07, 6.45) is 7.82. The standard InChI is InChI=1S/C40H55N9O3/c1-40(2,3)35(41)25-37(44-29-13-11-12-28(24-29)26-47(4)22-23-51-5)46-39(50)45-33-17-18-34(32-15-8-7-14-31(32)33)52-30-16-19-36(42)49(27-30)38(43)48-20-9-6-10-21-48/h7-8,11-16,19,24-25,27,33-34,42-43H,6,9-10,17-18,20-23,26,41H2,1-5H3,(H2,44,45,46,50)/b35-25-,42-36?,43-38?. The molecule has 2 aliphatic rings. The van der Waals surface area contributed by atoms with Crippen LogP contribution in [-0.4, -0.2) is 72.6 Å². The van der Waals surface area contributed by atoms with Crippen molar-refractivity contribution in [3.63, 3.8) is 0 Å². The fourth-order valence-electron chi connectivity index (χ4n) is 6.44. The number of likely N-dealkylation sites (N-methyl/N-ethyl adjacent to an activating group) is 1. The van der Waals surface area contributed by atoms with Gasteiger partial charge in [-0.3, -0.25) is 25.6 Å². The molecular weight excluding hydrogens is 654 g/mol. The molecule has 0 radical (unpaired) electrons. The smallest absolute Gasteiger partial charge is 0.320 e. The van der Waals surface area contributed by atoms with Gasteiger partial charge in [-0.05, 0) is 80.1 Å². The molecule has 2 aromatic carbocycles. The Labute approximate surface area is 307 Å². The highest BCUT2D eigenvalue weighted by atomic mass is 16.5. The summed E-state index contributed by atoms with van der Waals surface area (Å²) in [6, 6.07) is 18.8. The molecule has 2 atom stereocenters. The van der Waals surface area contributed by atoms with Crippen LogP contribution >= 0.6 is 0 Å². The number of likely N-dealkylation sites (tertiary alicyclic amines) is 1. The third kappa shape index (κ3) is 10.3. The number of ether oxygens (including phenoxy) is 2. The monoisotopic (exact) mass is 709 g/mol. The van der Waals surface area contributed by atoms with Gasteiger partial charge in [-0.15, -0.1) is 0 Å². The fraction of sp³-hybridized carbons (Fsp3) is 0.450. The Hall–Kier alpha value is -4.94. The maximum atomic E-state index is 13.6. The van der Waals surface area contributed by atoms with Crippen LogP contribution in [0.15, 0.2) is 83.6 Å². The second-order valence-corrected chi connectivity index (χ2v) is 14.7. The predicted molar refractivity (Wildman–Crippen MR) is 206 cm³/mol. The van der Waals surface area contributed by atoms with E-state index in [9.17, 15) is 4.79 Å². The molecule has 2 heterocycles. The van der Waals surface area contributed by atoms with Gasteiger partial charge in [-0.25, -0.2) is 9.79 Å². The number of benzene rings is 2. The normalized spacial score (nSPS) is 18.2. The summed E-state index contributed by atoms with van der Waals surface area (Å²) in [5.41, 5.74) is 10.8. The molecule has 1 aromatic heterocycles. The van der Waals surface area contributed by atoms with Gasteiger partial charge in [-0.1, -0.05) is 57.2 Å². The van der Waals surface area contributed by atoms with E-state index in [-0.39, 0.29) is 29.1 Å². The number of aromatic nitrogens is 1. The predicted octanol–water partition coefficient (Wildman–Crippen LogP) is 6.19. The number of methoxy groups -OCH3 is 1. The van der Waals surface area contributed by atoms with Crippen molar-refractivity contribution in [3.05, 3.63) is 101 Å². The average Bonchev–Trinajstić information content (AvgIpc) is 3.12. The molecule has 52 heavy (non-hydrogen) atoms.